The van der Waals surface area contributed by atoms with Gasteiger partial charge in [0.05, 0.1) is 18.2 Å². The summed E-state index contributed by atoms with van der Waals surface area (Å²) < 4.78 is 5.37. The molecule has 0 spiro atoms. The Hall–Kier alpha value is -3.03. The highest BCUT2D eigenvalue weighted by Crippen LogP contribution is 2.30. The third kappa shape index (κ3) is 5.21. The Balaban J connectivity index is 1.56. The van der Waals surface area contributed by atoms with Crippen molar-refractivity contribution in [1.82, 2.24) is 15.5 Å². The number of carbonyl (C=O) groups excluding carboxylic acids is 2. The van der Waals surface area contributed by atoms with E-state index >= 15 is 0 Å². The first-order valence-electron chi connectivity index (χ1n) is 11.6. The molecule has 2 aliphatic heterocycles. The molecule has 1 saturated heterocycles. The fourth-order valence-electron chi connectivity index (χ4n) is 4.55. The lowest BCUT2D eigenvalue weighted by molar-refractivity contribution is -0.139. The van der Waals surface area contributed by atoms with Gasteiger partial charge in [0.2, 0.25) is 0 Å². The van der Waals surface area contributed by atoms with E-state index in [2.05, 4.69) is 52.5 Å². The number of halogens is 1. The molecule has 2 aliphatic rings. The maximum Gasteiger partial charge on any atom is 0.338 e. The SMILES string of the molecule is CCOC(=O)C1=C(CN2CCN(c3cccc(C)c3C)CC2)NC(=O)N[C@@H]1c1ccc(Cl)cc1. The van der Waals surface area contributed by atoms with Crippen LogP contribution < -0.4 is 15.5 Å². The van der Waals surface area contributed by atoms with Gasteiger partial charge < -0.3 is 20.3 Å². The minimum atomic E-state index is -0.601. The second kappa shape index (κ2) is 10.5. The standard InChI is InChI=1S/C26H31ClN4O3/c1-4-34-25(32)23-21(28-26(33)29-24(23)19-8-10-20(27)11-9-19)16-30-12-14-31(15-13-30)22-7-5-6-17(2)18(22)3/h5-11,24H,4,12-16H2,1-3H3,(H2,28,29,33)/t24-/m1/s1. The van der Waals surface area contributed by atoms with Gasteiger partial charge in [-0.05, 0) is 55.7 Å². The van der Waals surface area contributed by atoms with Gasteiger partial charge in [0.1, 0.15) is 0 Å². The minimum absolute atomic E-state index is 0.255. The number of urea groups is 1. The van der Waals surface area contributed by atoms with Gasteiger partial charge in [-0.3, -0.25) is 4.90 Å². The molecule has 1 atom stereocenters. The average molecular weight is 483 g/mol. The van der Waals surface area contributed by atoms with Crippen molar-refractivity contribution in [2.75, 3.05) is 44.2 Å². The normalized spacial score (nSPS) is 19.0. The zero-order valence-corrected chi connectivity index (χ0v) is 20.6. The zero-order chi connectivity index (χ0) is 24.2. The van der Waals surface area contributed by atoms with Crippen LogP contribution in [0.25, 0.3) is 0 Å². The molecule has 2 aromatic rings. The van der Waals surface area contributed by atoms with E-state index in [1.165, 1.54) is 16.8 Å². The molecule has 2 N–H and O–H groups in total. The Labute approximate surface area is 205 Å². The van der Waals surface area contributed by atoms with Gasteiger partial charge >= 0.3 is 12.0 Å². The van der Waals surface area contributed by atoms with E-state index in [-0.39, 0.29) is 12.6 Å². The smallest absolute Gasteiger partial charge is 0.338 e. The largest absolute Gasteiger partial charge is 0.463 e. The van der Waals surface area contributed by atoms with Gasteiger partial charge in [0, 0.05) is 49.1 Å². The highest BCUT2D eigenvalue weighted by Gasteiger charge is 2.34. The van der Waals surface area contributed by atoms with Gasteiger partial charge in [-0.25, -0.2) is 9.59 Å². The fourth-order valence-corrected chi connectivity index (χ4v) is 4.67. The molecular weight excluding hydrogens is 452 g/mol. The monoisotopic (exact) mass is 482 g/mol. The lowest BCUT2D eigenvalue weighted by atomic mass is 9.95. The van der Waals surface area contributed by atoms with Crippen molar-refractivity contribution in [3.05, 3.63) is 75.4 Å². The summed E-state index contributed by atoms with van der Waals surface area (Å²) in [4.78, 5) is 30.2. The number of benzene rings is 2. The van der Waals surface area contributed by atoms with E-state index in [1.54, 1.807) is 19.1 Å². The van der Waals surface area contributed by atoms with Crippen molar-refractivity contribution in [2.24, 2.45) is 0 Å². The predicted molar refractivity (Wildman–Crippen MR) is 134 cm³/mol. The van der Waals surface area contributed by atoms with E-state index < -0.39 is 12.0 Å². The molecule has 0 aliphatic carbocycles. The van der Waals surface area contributed by atoms with Gasteiger partial charge in [-0.1, -0.05) is 35.9 Å². The van der Waals surface area contributed by atoms with E-state index in [1.807, 2.05) is 12.1 Å². The van der Waals surface area contributed by atoms with Crippen molar-refractivity contribution >= 4 is 29.3 Å². The van der Waals surface area contributed by atoms with Crippen LogP contribution in [0.5, 0.6) is 0 Å². The lowest BCUT2D eigenvalue weighted by Gasteiger charge is -2.38. The minimum Gasteiger partial charge on any atom is -0.463 e. The molecule has 7 nitrogen and oxygen atoms in total. The summed E-state index contributed by atoms with van der Waals surface area (Å²) in [6, 6.07) is 12.6. The Bertz CT molecular complexity index is 1090. The number of esters is 1. The second-order valence-electron chi connectivity index (χ2n) is 8.68. The number of hydrogen-bond acceptors (Lipinski definition) is 5. The Kier molecular flexibility index (Phi) is 7.44. The van der Waals surface area contributed by atoms with Crippen LogP contribution in [-0.4, -0.2) is 56.2 Å². The number of aryl methyl sites for hydroxylation is 1. The molecule has 0 bridgehead atoms. The van der Waals surface area contributed by atoms with E-state index in [0.717, 1.165) is 31.7 Å². The molecule has 0 aromatic heterocycles. The zero-order valence-electron chi connectivity index (χ0n) is 19.9. The first-order chi connectivity index (χ1) is 16.4. The Morgan fingerprint density at radius 2 is 1.79 bits per heavy atom. The average Bonchev–Trinajstić information content (AvgIpc) is 2.82. The van der Waals surface area contributed by atoms with Gasteiger partial charge in [-0.15, -0.1) is 0 Å². The van der Waals surface area contributed by atoms with Crippen LogP contribution in [0.2, 0.25) is 5.02 Å². The maximum atomic E-state index is 13.0. The number of nitrogens with one attached hydrogen (secondary N) is 2. The van der Waals surface area contributed by atoms with Gasteiger partial charge in [0.25, 0.3) is 0 Å². The summed E-state index contributed by atoms with van der Waals surface area (Å²) in [6.45, 7) is 10.2. The number of nitrogens with zero attached hydrogens (tertiary/aromatic N) is 2. The Morgan fingerprint density at radius 3 is 2.47 bits per heavy atom. The third-order valence-corrected chi connectivity index (χ3v) is 6.78. The number of carbonyl (C=O) groups is 2. The third-order valence-electron chi connectivity index (χ3n) is 6.52. The topological polar surface area (TPSA) is 73.9 Å². The van der Waals surface area contributed by atoms with Gasteiger partial charge in [-0.2, -0.15) is 0 Å². The van der Waals surface area contributed by atoms with Crippen LogP contribution in [0, 0.1) is 13.8 Å². The summed E-state index contributed by atoms with van der Waals surface area (Å²) in [5.41, 5.74) is 5.65. The van der Waals surface area contributed by atoms with Crippen molar-refractivity contribution < 1.29 is 14.3 Å². The first kappa shape index (κ1) is 24.1. The summed E-state index contributed by atoms with van der Waals surface area (Å²) >= 11 is 6.05. The summed E-state index contributed by atoms with van der Waals surface area (Å²) in [7, 11) is 0. The van der Waals surface area contributed by atoms with Crippen molar-refractivity contribution in [1.29, 1.82) is 0 Å². The number of anilines is 1. The number of ether oxygens (including phenoxy) is 1. The first-order valence-corrected chi connectivity index (χ1v) is 12.0. The molecule has 2 amide bonds. The number of hydrogen-bond donors (Lipinski definition) is 2. The summed E-state index contributed by atoms with van der Waals surface area (Å²) in [5, 5.41) is 6.33. The molecule has 4 rings (SSSR count). The van der Waals surface area contributed by atoms with Crippen molar-refractivity contribution in [2.45, 2.75) is 26.8 Å². The van der Waals surface area contributed by atoms with Crippen LogP contribution in [0.15, 0.2) is 53.7 Å². The second-order valence-corrected chi connectivity index (χ2v) is 9.11. The van der Waals surface area contributed by atoms with Crippen LogP contribution in [0.3, 0.4) is 0 Å². The highest BCUT2D eigenvalue weighted by molar-refractivity contribution is 6.30. The van der Waals surface area contributed by atoms with Crippen LogP contribution in [-0.2, 0) is 9.53 Å². The highest BCUT2D eigenvalue weighted by atomic mass is 35.5. The molecule has 8 heteroatoms. The van der Waals surface area contributed by atoms with Crippen LogP contribution in [0.1, 0.15) is 29.7 Å². The number of rotatable bonds is 6. The number of piperazine rings is 1. The molecule has 0 unspecified atom stereocenters. The molecule has 34 heavy (non-hydrogen) atoms. The Morgan fingerprint density at radius 1 is 1.09 bits per heavy atom. The van der Waals surface area contributed by atoms with Crippen LogP contribution in [0.4, 0.5) is 10.5 Å². The van der Waals surface area contributed by atoms with Crippen LogP contribution >= 0.6 is 11.6 Å². The molecule has 0 saturated carbocycles. The molecular formula is C26H31ClN4O3. The molecule has 1 fully saturated rings. The number of amides is 2. The predicted octanol–water partition coefficient (Wildman–Crippen LogP) is 3.95. The quantitative estimate of drug-likeness (QED) is 0.610. The van der Waals surface area contributed by atoms with Gasteiger partial charge in [0.15, 0.2) is 0 Å². The maximum absolute atomic E-state index is 13.0. The summed E-state index contributed by atoms with van der Waals surface area (Å²) in [6.07, 6.45) is 0. The van der Waals surface area contributed by atoms with E-state index in [0.29, 0.717) is 22.8 Å². The van der Waals surface area contributed by atoms with E-state index in [4.69, 9.17) is 16.3 Å². The summed E-state index contributed by atoms with van der Waals surface area (Å²) in [5.74, 6) is -0.432. The van der Waals surface area contributed by atoms with Crippen molar-refractivity contribution in [3.63, 3.8) is 0 Å². The lowest BCUT2D eigenvalue weighted by Crippen LogP contribution is -2.52. The fraction of sp³-hybridized carbons (Fsp3) is 0.385. The van der Waals surface area contributed by atoms with E-state index in [9.17, 15) is 9.59 Å². The molecule has 2 aromatic carbocycles. The molecule has 180 valence electrons. The molecule has 0 radical (unpaired) electrons. The van der Waals surface area contributed by atoms with Crippen molar-refractivity contribution in [3.8, 4) is 0 Å². The molecule has 2 heterocycles.